The summed E-state index contributed by atoms with van der Waals surface area (Å²) >= 11 is 0. The van der Waals surface area contributed by atoms with Crippen molar-refractivity contribution in [2.24, 2.45) is 14.1 Å². The van der Waals surface area contributed by atoms with Crippen molar-refractivity contribution in [2.75, 3.05) is 34.4 Å². The molecule has 2 saturated heterocycles. The van der Waals surface area contributed by atoms with Crippen molar-refractivity contribution in [3.05, 3.63) is 60.7 Å². The Kier molecular flexibility index (Phi) is 12.8. The van der Waals surface area contributed by atoms with E-state index in [2.05, 4.69) is 62.1 Å². The van der Waals surface area contributed by atoms with Crippen LogP contribution in [-0.4, -0.2) is 169 Å². The van der Waals surface area contributed by atoms with E-state index in [4.69, 9.17) is 39.4 Å². The van der Waals surface area contributed by atoms with Crippen LogP contribution in [0, 0.1) is 0 Å². The van der Waals surface area contributed by atoms with E-state index in [0.717, 1.165) is 37.3 Å². The number of aryl methyl sites for hydroxylation is 4. The minimum atomic E-state index is -1.36. The number of hydrogen-bond donors (Lipinski definition) is 8. The largest absolute Gasteiger partial charge is 0.387 e. The van der Waals surface area contributed by atoms with Gasteiger partial charge < -0.3 is 60.3 Å². The molecule has 72 heavy (non-hydrogen) atoms. The molecule has 8 atom stereocenters. The molecule has 0 amide bonds. The lowest BCUT2D eigenvalue weighted by Gasteiger charge is -2.30. The summed E-state index contributed by atoms with van der Waals surface area (Å²) < 4.78 is 19.5. The van der Waals surface area contributed by atoms with Gasteiger partial charge in [-0.2, -0.15) is 29.5 Å². The van der Waals surface area contributed by atoms with Gasteiger partial charge in [-0.1, -0.05) is 0 Å². The molecular weight excluding hydrogens is 937 g/mol. The molecule has 380 valence electrons. The third-order valence-electron chi connectivity index (χ3n) is 13.4. The first-order chi connectivity index (χ1) is 35.0. The molecule has 0 bridgehead atoms. The zero-order chi connectivity index (χ0) is 49.6. The summed E-state index contributed by atoms with van der Waals surface area (Å²) in [6.07, 6.45) is 4.86. The fraction of sp³-hybridized carbons (Fsp3) is 0.571. The number of ether oxygens (including phenoxy) is 2. The minimum absolute atomic E-state index is 0.0136. The van der Waals surface area contributed by atoms with Gasteiger partial charge in [0.2, 0.25) is 23.5 Å². The summed E-state index contributed by atoms with van der Waals surface area (Å²) in [5.41, 5.74) is 1.66. The minimum Gasteiger partial charge on any atom is -0.387 e. The van der Waals surface area contributed by atoms with E-state index in [1.165, 1.54) is 22.2 Å². The second kappa shape index (κ2) is 19.7. The quantitative estimate of drug-likeness (QED) is 0.0541. The number of aliphatic hydroxyl groups excluding tert-OH is 4. The fourth-order valence-corrected chi connectivity index (χ4v) is 9.39. The predicted molar refractivity (Wildman–Crippen MR) is 251 cm³/mol. The van der Waals surface area contributed by atoms with Crippen molar-refractivity contribution in [3.8, 4) is 0 Å². The highest BCUT2D eigenvalue weighted by Gasteiger charge is 2.48. The van der Waals surface area contributed by atoms with Crippen LogP contribution in [0.3, 0.4) is 0 Å². The standard InChI is InChI=1S/C42H56N24O6/c1-5-65-57-35(55-59-65)31-27(67)29(69)39(71-31)63-19-47-25-33(51-41(53-37(25)63)45-13-11-23-43-15-17-61(23)3)49-21-7-9-22(10-8-21)50-34-26-38(54-42(52-34)46-14-12-24-44-16-18-62(24)4)64(20-48-26)40-30(70)28(68)32(72-40)36-56-60-66(6-2)58-36/h15-22,27-32,39-40,67-70H,5-14H2,1-4H3,(H2,45,49,51,53)(H2,46,50,52,54)/t21?,22?,27-,28-,29+,30+,31-,32-,39+,40+/m0/s1. The van der Waals surface area contributed by atoms with Gasteiger partial charge in [0, 0.05) is 76.9 Å². The Morgan fingerprint density at radius 1 is 0.583 bits per heavy atom. The Hall–Kier alpha value is -7.38. The Morgan fingerprint density at radius 2 is 1.01 bits per heavy atom. The van der Waals surface area contributed by atoms with Crippen LogP contribution in [-0.2, 0) is 49.5 Å². The molecule has 0 unspecified atom stereocenters. The summed E-state index contributed by atoms with van der Waals surface area (Å²) in [6.45, 7) is 5.64. The van der Waals surface area contributed by atoms with E-state index in [-0.39, 0.29) is 23.7 Å². The van der Waals surface area contributed by atoms with Gasteiger partial charge in [0.15, 0.2) is 58.6 Å². The number of anilines is 4. The van der Waals surface area contributed by atoms with Gasteiger partial charge in [-0.15, -0.1) is 20.4 Å². The van der Waals surface area contributed by atoms with E-state index in [1.54, 1.807) is 21.5 Å². The van der Waals surface area contributed by atoms with Crippen LogP contribution in [0.25, 0.3) is 22.3 Å². The molecule has 2 aliphatic heterocycles. The molecule has 8 N–H and O–H groups in total. The van der Waals surface area contributed by atoms with Gasteiger partial charge in [-0.3, -0.25) is 9.13 Å². The van der Waals surface area contributed by atoms with E-state index in [1.807, 2.05) is 49.5 Å². The highest BCUT2D eigenvalue weighted by molar-refractivity contribution is 5.85. The van der Waals surface area contributed by atoms with Crippen LogP contribution in [0.5, 0.6) is 0 Å². The number of aromatic nitrogens is 20. The fourth-order valence-electron chi connectivity index (χ4n) is 9.39. The van der Waals surface area contributed by atoms with E-state index in [0.29, 0.717) is 84.9 Å². The molecule has 11 rings (SSSR count). The average Bonchev–Trinajstić information content (AvgIpc) is 4.26. The molecule has 0 spiro atoms. The molecule has 8 aromatic rings. The van der Waals surface area contributed by atoms with Gasteiger partial charge in [-0.25, -0.2) is 19.9 Å². The summed E-state index contributed by atoms with van der Waals surface area (Å²) in [6, 6.07) is -0.0273. The van der Waals surface area contributed by atoms with Crippen molar-refractivity contribution in [3.63, 3.8) is 0 Å². The van der Waals surface area contributed by atoms with Crippen molar-refractivity contribution in [1.29, 1.82) is 0 Å². The highest BCUT2D eigenvalue weighted by Crippen LogP contribution is 2.41. The molecule has 1 aliphatic carbocycles. The molecule has 30 heteroatoms. The molecule has 30 nitrogen and oxygen atoms in total. The monoisotopic (exact) mass is 992 g/mol. The maximum atomic E-state index is 11.3. The summed E-state index contributed by atoms with van der Waals surface area (Å²) in [7, 11) is 3.87. The second-order valence-corrected chi connectivity index (χ2v) is 18.1. The topological polar surface area (TPSA) is 358 Å². The zero-order valence-electron chi connectivity index (χ0n) is 39.9. The van der Waals surface area contributed by atoms with E-state index >= 15 is 0 Å². The van der Waals surface area contributed by atoms with Gasteiger partial charge in [0.05, 0.1) is 25.7 Å². The number of hydrogen-bond acceptors (Lipinski definition) is 24. The van der Waals surface area contributed by atoms with Crippen molar-refractivity contribution in [2.45, 2.75) is 127 Å². The van der Waals surface area contributed by atoms with Gasteiger partial charge in [0.25, 0.3) is 0 Å². The van der Waals surface area contributed by atoms with Crippen LogP contribution in [0.4, 0.5) is 23.5 Å². The van der Waals surface area contributed by atoms with Crippen LogP contribution < -0.4 is 21.3 Å². The number of imidazole rings is 4. The first kappa shape index (κ1) is 47.0. The first-order valence-corrected chi connectivity index (χ1v) is 24.0. The Balaban J connectivity index is 0.824. The smallest absolute Gasteiger partial charge is 0.226 e. The summed E-state index contributed by atoms with van der Waals surface area (Å²) in [4.78, 5) is 40.5. The third kappa shape index (κ3) is 8.99. The number of fused-ring (bicyclic) bond motifs is 2. The number of nitrogens with one attached hydrogen (secondary N) is 4. The molecule has 3 aliphatic rings. The van der Waals surface area contributed by atoms with Crippen molar-refractivity contribution >= 4 is 45.9 Å². The highest BCUT2D eigenvalue weighted by atomic mass is 16.6. The Labute approximate surface area is 409 Å². The maximum Gasteiger partial charge on any atom is 0.226 e. The van der Waals surface area contributed by atoms with Crippen LogP contribution in [0.1, 0.15) is 87.5 Å². The zero-order valence-corrected chi connectivity index (χ0v) is 39.9. The van der Waals surface area contributed by atoms with Crippen LogP contribution >= 0.6 is 0 Å². The molecule has 0 aromatic carbocycles. The molecule has 1 saturated carbocycles. The molecular formula is C42H56N24O6. The first-order valence-electron chi connectivity index (χ1n) is 24.0. The van der Waals surface area contributed by atoms with E-state index in [9.17, 15) is 20.4 Å². The van der Waals surface area contributed by atoms with Gasteiger partial charge in [-0.05, 0) is 50.0 Å². The van der Waals surface area contributed by atoms with E-state index < -0.39 is 49.1 Å². The molecule has 0 radical (unpaired) electrons. The average molecular weight is 993 g/mol. The second-order valence-electron chi connectivity index (χ2n) is 18.1. The summed E-state index contributed by atoms with van der Waals surface area (Å²) in [5, 5.41) is 83.6. The van der Waals surface area contributed by atoms with Crippen LogP contribution in [0.15, 0.2) is 37.4 Å². The number of nitrogens with zero attached hydrogens (tertiary/aromatic N) is 20. The normalized spacial score (nSPS) is 25.5. The van der Waals surface area contributed by atoms with Gasteiger partial charge in [0.1, 0.15) is 36.1 Å². The van der Waals surface area contributed by atoms with Crippen molar-refractivity contribution in [1.82, 2.24) is 98.6 Å². The number of tetrazole rings is 2. The van der Waals surface area contributed by atoms with Gasteiger partial charge >= 0.3 is 0 Å². The van der Waals surface area contributed by atoms with Crippen LogP contribution in [0.2, 0.25) is 0 Å². The third-order valence-corrected chi connectivity index (χ3v) is 13.4. The SMILES string of the molecule is CCn1nnc([C@H]2O[C@@H](n3cnc4c(NC5CCC(Nc6nc(NCCc7nccn7C)nc7c6ncn7[C@@H]6O[C@H](c7nnn(CC)n7)[C@@H](O)[C@H]6O)CC5)nc(NCCc5nccn5C)nc43)[C@H](O)[C@@H]2O)n1. The number of rotatable bonds is 18. The Morgan fingerprint density at radius 3 is 1.39 bits per heavy atom. The lowest BCUT2D eigenvalue weighted by atomic mass is 9.91. The summed E-state index contributed by atoms with van der Waals surface area (Å²) in [5.74, 6) is 3.72. The predicted octanol–water partition coefficient (Wildman–Crippen LogP) is -0.426. The molecule has 10 heterocycles. The maximum absolute atomic E-state index is 11.3. The lowest BCUT2D eigenvalue weighted by Crippen LogP contribution is -2.33. The molecule has 3 fully saturated rings. The Bertz CT molecular complexity index is 2930. The number of aliphatic hydroxyl groups is 4. The van der Waals surface area contributed by atoms with Crippen molar-refractivity contribution < 1.29 is 29.9 Å². The lowest BCUT2D eigenvalue weighted by molar-refractivity contribution is -0.0384. The molecule has 8 aromatic heterocycles.